The third-order valence-electron chi connectivity index (χ3n) is 2.97. The molecule has 2 aromatic rings. The molecule has 2 rings (SSSR count). The minimum absolute atomic E-state index is 0.282. The number of carboxylic acids is 1. The summed E-state index contributed by atoms with van der Waals surface area (Å²) in [6.07, 6.45) is 0. The fourth-order valence-electron chi connectivity index (χ4n) is 1.87. The fourth-order valence-corrected chi connectivity index (χ4v) is 2.69. The van der Waals surface area contributed by atoms with Crippen LogP contribution in [0.1, 0.15) is 21.5 Å². The van der Waals surface area contributed by atoms with Crippen molar-refractivity contribution in [1.82, 2.24) is 0 Å². The summed E-state index contributed by atoms with van der Waals surface area (Å²) in [7, 11) is 0. The van der Waals surface area contributed by atoms with E-state index in [4.69, 9.17) is 5.11 Å². The van der Waals surface area contributed by atoms with Gasteiger partial charge >= 0.3 is 5.97 Å². The summed E-state index contributed by atoms with van der Waals surface area (Å²) in [6, 6.07) is 7.24. The highest BCUT2D eigenvalue weighted by molar-refractivity contribution is 7.08. The molecule has 0 aliphatic carbocycles. The lowest BCUT2D eigenvalue weighted by Crippen LogP contribution is -2.35. The molecule has 0 aliphatic heterocycles. The predicted octanol–water partition coefficient (Wildman–Crippen LogP) is 3.10. The van der Waals surface area contributed by atoms with Crippen LogP contribution in [0.3, 0.4) is 0 Å². The highest BCUT2D eigenvalue weighted by atomic mass is 32.1. The van der Waals surface area contributed by atoms with Crippen LogP contribution in [0.5, 0.6) is 0 Å². The smallest absolute Gasteiger partial charge is 0.323 e. The Kier molecular flexibility index (Phi) is 4.20. The molecular weight excluding hydrogens is 274 g/mol. The molecule has 1 amide bonds. The number of hydrogen-bond donors (Lipinski definition) is 1. The summed E-state index contributed by atoms with van der Waals surface area (Å²) in [5.74, 6) is -1.32. The van der Waals surface area contributed by atoms with Crippen LogP contribution in [0.15, 0.2) is 35.0 Å². The van der Waals surface area contributed by atoms with Gasteiger partial charge in [-0.05, 0) is 36.9 Å². The van der Waals surface area contributed by atoms with Crippen LogP contribution >= 0.6 is 11.3 Å². The molecular formula is C15H15NO3S. The van der Waals surface area contributed by atoms with Crippen molar-refractivity contribution in [2.75, 3.05) is 11.4 Å². The van der Waals surface area contributed by atoms with Gasteiger partial charge in [0, 0.05) is 11.1 Å². The van der Waals surface area contributed by atoms with Crippen molar-refractivity contribution in [2.24, 2.45) is 0 Å². The average Bonchev–Trinajstić information content (AvgIpc) is 2.82. The first kappa shape index (κ1) is 14.3. The van der Waals surface area contributed by atoms with E-state index in [-0.39, 0.29) is 12.5 Å². The average molecular weight is 289 g/mol. The van der Waals surface area contributed by atoms with Crippen LogP contribution in [-0.2, 0) is 4.79 Å². The van der Waals surface area contributed by atoms with E-state index in [1.54, 1.807) is 17.5 Å². The van der Waals surface area contributed by atoms with Gasteiger partial charge in [0.2, 0.25) is 0 Å². The number of carbonyl (C=O) groups excluding carboxylic acids is 1. The van der Waals surface area contributed by atoms with Crippen molar-refractivity contribution >= 4 is 28.9 Å². The van der Waals surface area contributed by atoms with Gasteiger partial charge in [0.1, 0.15) is 6.54 Å². The highest BCUT2D eigenvalue weighted by Crippen LogP contribution is 2.21. The summed E-state index contributed by atoms with van der Waals surface area (Å²) in [5, 5.41) is 12.7. The molecule has 0 bridgehead atoms. The minimum Gasteiger partial charge on any atom is -0.480 e. The first-order chi connectivity index (χ1) is 9.49. The zero-order chi connectivity index (χ0) is 14.7. The van der Waals surface area contributed by atoms with Crippen molar-refractivity contribution in [2.45, 2.75) is 13.8 Å². The molecule has 4 nitrogen and oxygen atoms in total. The second kappa shape index (κ2) is 5.88. The Morgan fingerprint density at radius 1 is 1.15 bits per heavy atom. The number of nitrogens with zero attached hydrogens (tertiary/aromatic N) is 1. The number of carboxylic acid groups (broad SMARTS) is 1. The third-order valence-corrected chi connectivity index (χ3v) is 3.83. The number of amides is 1. The molecule has 5 heteroatoms. The minimum atomic E-state index is -1.04. The molecule has 1 aromatic heterocycles. The molecule has 1 N–H and O–H groups in total. The molecule has 0 spiro atoms. The van der Waals surface area contributed by atoms with Crippen molar-refractivity contribution < 1.29 is 14.7 Å². The van der Waals surface area contributed by atoms with Crippen LogP contribution in [0.2, 0.25) is 0 Å². The van der Waals surface area contributed by atoms with Gasteiger partial charge < -0.3 is 5.11 Å². The van der Waals surface area contributed by atoms with Crippen molar-refractivity contribution in [3.63, 3.8) is 0 Å². The normalized spacial score (nSPS) is 10.3. The van der Waals surface area contributed by atoms with Crippen molar-refractivity contribution in [3.8, 4) is 0 Å². The van der Waals surface area contributed by atoms with E-state index in [2.05, 4.69) is 0 Å². The molecule has 0 saturated carbocycles. The second-order valence-corrected chi connectivity index (χ2v) is 5.33. The second-order valence-electron chi connectivity index (χ2n) is 4.59. The van der Waals surface area contributed by atoms with Gasteiger partial charge in [0.05, 0.1) is 5.56 Å². The summed E-state index contributed by atoms with van der Waals surface area (Å²) >= 11 is 1.43. The predicted molar refractivity (Wildman–Crippen MR) is 79.5 cm³/mol. The number of thiophene rings is 1. The van der Waals surface area contributed by atoms with Gasteiger partial charge in [0.25, 0.3) is 5.91 Å². The summed E-state index contributed by atoms with van der Waals surface area (Å²) in [4.78, 5) is 24.8. The molecule has 0 atom stereocenters. The maximum absolute atomic E-state index is 12.5. The number of rotatable bonds is 4. The Labute approximate surface area is 121 Å². The molecule has 1 aromatic carbocycles. The highest BCUT2D eigenvalue weighted by Gasteiger charge is 2.22. The SMILES string of the molecule is Cc1ccc(N(CC(=O)O)C(=O)c2cscc2C)cc1. The zero-order valence-electron chi connectivity index (χ0n) is 11.3. The van der Waals surface area contributed by atoms with E-state index in [0.717, 1.165) is 11.1 Å². The maximum atomic E-state index is 12.5. The molecule has 0 fully saturated rings. The van der Waals surface area contributed by atoms with E-state index in [9.17, 15) is 9.59 Å². The number of carbonyl (C=O) groups is 2. The molecule has 0 aliphatic rings. The monoisotopic (exact) mass is 289 g/mol. The van der Waals surface area contributed by atoms with Crippen LogP contribution in [-0.4, -0.2) is 23.5 Å². The Hall–Kier alpha value is -2.14. The Morgan fingerprint density at radius 2 is 1.80 bits per heavy atom. The Morgan fingerprint density at radius 3 is 2.30 bits per heavy atom. The number of hydrogen-bond acceptors (Lipinski definition) is 3. The quantitative estimate of drug-likeness (QED) is 0.941. The van der Waals surface area contributed by atoms with Gasteiger partial charge in [-0.2, -0.15) is 11.3 Å². The molecule has 0 unspecified atom stereocenters. The number of anilines is 1. The third kappa shape index (κ3) is 3.05. The van der Waals surface area contributed by atoms with E-state index < -0.39 is 5.97 Å². The van der Waals surface area contributed by atoms with Crippen molar-refractivity contribution in [3.05, 3.63) is 51.7 Å². The van der Waals surface area contributed by atoms with E-state index in [1.165, 1.54) is 16.2 Å². The first-order valence-corrected chi connectivity index (χ1v) is 7.06. The summed E-state index contributed by atoms with van der Waals surface area (Å²) < 4.78 is 0. The van der Waals surface area contributed by atoms with Gasteiger partial charge in [-0.15, -0.1) is 0 Å². The molecule has 0 saturated heterocycles. The molecule has 0 radical (unpaired) electrons. The van der Waals surface area contributed by atoms with E-state index in [0.29, 0.717) is 11.3 Å². The van der Waals surface area contributed by atoms with E-state index in [1.807, 2.05) is 31.4 Å². The zero-order valence-corrected chi connectivity index (χ0v) is 12.1. The summed E-state index contributed by atoms with van der Waals surface area (Å²) in [6.45, 7) is 3.44. The Bertz CT molecular complexity index is 631. The lowest BCUT2D eigenvalue weighted by Gasteiger charge is -2.21. The van der Waals surface area contributed by atoms with Gasteiger partial charge in [-0.1, -0.05) is 17.7 Å². The number of aliphatic carboxylic acids is 1. The van der Waals surface area contributed by atoms with Gasteiger partial charge in [-0.25, -0.2) is 0 Å². The molecule has 1 heterocycles. The molecule has 20 heavy (non-hydrogen) atoms. The lowest BCUT2D eigenvalue weighted by molar-refractivity contribution is -0.135. The van der Waals surface area contributed by atoms with Gasteiger partial charge in [-0.3, -0.25) is 14.5 Å². The standard InChI is InChI=1S/C15H15NO3S/c1-10-3-5-12(6-4-10)16(7-14(17)18)15(19)13-9-20-8-11(13)2/h3-6,8-9H,7H2,1-2H3,(H,17,18). The number of benzene rings is 1. The van der Waals surface area contributed by atoms with Crippen LogP contribution in [0.4, 0.5) is 5.69 Å². The summed E-state index contributed by atoms with van der Waals surface area (Å²) in [5.41, 5.74) is 3.07. The topological polar surface area (TPSA) is 57.6 Å². The number of aryl methyl sites for hydroxylation is 2. The van der Waals surface area contributed by atoms with Gasteiger partial charge in [0.15, 0.2) is 0 Å². The van der Waals surface area contributed by atoms with Crippen LogP contribution < -0.4 is 4.90 Å². The maximum Gasteiger partial charge on any atom is 0.323 e. The largest absolute Gasteiger partial charge is 0.480 e. The fraction of sp³-hybridized carbons (Fsp3) is 0.200. The van der Waals surface area contributed by atoms with Crippen LogP contribution in [0.25, 0.3) is 0 Å². The first-order valence-electron chi connectivity index (χ1n) is 6.12. The van der Waals surface area contributed by atoms with Crippen molar-refractivity contribution in [1.29, 1.82) is 0 Å². The van der Waals surface area contributed by atoms with E-state index >= 15 is 0 Å². The van der Waals surface area contributed by atoms with Crippen LogP contribution in [0, 0.1) is 13.8 Å². The Balaban J connectivity index is 2.37. The molecule has 104 valence electrons. The lowest BCUT2D eigenvalue weighted by atomic mass is 10.1.